The molecule has 0 N–H and O–H groups in total. The van der Waals surface area contributed by atoms with E-state index in [1.165, 1.54) is 0 Å². The van der Waals surface area contributed by atoms with Crippen molar-refractivity contribution < 1.29 is 28.4 Å². The average Bonchev–Trinajstić information content (AvgIpc) is 2.51. The van der Waals surface area contributed by atoms with E-state index in [0.29, 0.717) is 13.2 Å². The molecular formula is C15H28O6. The summed E-state index contributed by atoms with van der Waals surface area (Å²) in [6.45, 7) is 4.67. The number of ether oxygens (including phenoxy) is 6. The largest absolute Gasteiger partial charge is 0.382 e. The van der Waals surface area contributed by atoms with Gasteiger partial charge in [0.25, 0.3) is 0 Å². The Labute approximate surface area is 127 Å². The van der Waals surface area contributed by atoms with Crippen LogP contribution in [-0.2, 0) is 28.4 Å². The van der Waals surface area contributed by atoms with Crippen molar-refractivity contribution in [1.29, 1.82) is 0 Å². The summed E-state index contributed by atoms with van der Waals surface area (Å²) in [6, 6.07) is 0. The molecule has 21 heavy (non-hydrogen) atoms. The molecule has 6 heteroatoms. The van der Waals surface area contributed by atoms with Crippen LogP contribution in [0.4, 0.5) is 0 Å². The van der Waals surface area contributed by atoms with Gasteiger partial charge < -0.3 is 28.4 Å². The van der Waals surface area contributed by atoms with E-state index in [2.05, 4.69) is 6.58 Å². The second-order valence-electron chi connectivity index (χ2n) is 4.90. The lowest BCUT2D eigenvalue weighted by Gasteiger charge is -2.44. The minimum absolute atomic E-state index is 0.263. The highest BCUT2D eigenvalue weighted by Crippen LogP contribution is 2.28. The van der Waals surface area contributed by atoms with Gasteiger partial charge in [0.15, 0.2) is 6.29 Å². The van der Waals surface area contributed by atoms with E-state index in [4.69, 9.17) is 28.4 Å². The zero-order valence-corrected chi connectivity index (χ0v) is 13.4. The molecule has 1 heterocycles. The zero-order chi connectivity index (χ0) is 15.7. The summed E-state index contributed by atoms with van der Waals surface area (Å²) in [4.78, 5) is 0. The van der Waals surface area contributed by atoms with Gasteiger partial charge in [0.1, 0.15) is 24.4 Å². The number of allylic oxidation sites excluding steroid dienone is 1. The molecule has 0 bridgehead atoms. The standard InChI is InChI=1S/C15H28O6/c1-6-7-8-9-20-15-14(19-5)13(18-4)12(17-3)11(21-15)10-16-2/h6,11-15H,1,7-10H2,2-5H3/t11-,12-,13+,14+,15+/m1/s1. The SMILES string of the molecule is C=CCCCO[C@H]1O[C@H](COC)[C@@H](OC)[C@H](OC)[C@@H]1OC. The van der Waals surface area contributed by atoms with E-state index in [9.17, 15) is 0 Å². The number of hydrogen-bond donors (Lipinski definition) is 0. The molecule has 0 spiro atoms. The third-order valence-electron chi connectivity index (χ3n) is 3.57. The van der Waals surface area contributed by atoms with Gasteiger partial charge >= 0.3 is 0 Å². The fourth-order valence-electron chi connectivity index (χ4n) is 2.54. The van der Waals surface area contributed by atoms with Crippen molar-refractivity contribution in [2.45, 2.75) is 43.5 Å². The Morgan fingerprint density at radius 2 is 1.67 bits per heavy atom. The molecule has 1 aliphatic heterocycles. The summed E-state index contributed by atoms with van der Waals surface area (Å²) in [6.07, 6.45) is 1.99. The Bertz CT molecular complexity index is 285. The second-order valence-corrected chi connectivity index (χ2v) is 4.90. The summed E-state index contributed by atoms with van der Waals surface area (Å²) in [5.74, 6) is 0. The van der Waals surface area contributed by atoms with Crippen LogP contribution in [0.5, 0.6) is 0 Å². The van der Waals surface area contributed by atoms with Crippen molar-refractivity contribution >= 4 is 0 Å². The van der Waals surface area contributed by atoms with E-state index in [1.807, 2.05) is 6.08 Å². The van der Waals surface area contributed by atoms with Gasteiger partial charge in [-0.1, -0.05) is 6.08 Å². The van der Waals surface area contributed by atoms with Crippen molar-refractivity contribution in [2.24, 2.45) is 0 Å². The molecule has 0 amide bonds. The van der Waals surface area contributed by atoms with Gasteiger partial charge in [-0.05, 0) is 12.8 Å². The lowest BCUT2D eigenvalue weighted by molar-refractivity contribution is -0.313. The van der Waals surface area contributed by atoms with Crippen LogP contribution in [0, 0.1) is 0 Å². The maximum Gasteiger partial charge on any atom is 0.186 e. The third kappa shape index (κ3) is 5.02. The monoisotopic (exact) mass is 304 g/mol. The molecule has 0 unspecified atom stereocenters. The minimum atomic E-state index is -0.503. The van der Waals surface area contributed by atoms with E-state index in [1.54, 1.807) is 28.4 Å². The molecule has 1 rings (SSSR count). The third-order valence-corrected chi connectivity index (χ3v) is 3.57. The van der Waals surface area contributed by atoms with Gasteiger partial charge in [-0.25, -0.2) is 0 Å². The van der Waals surface area contributed by atoms with Gasteiger partial charge in [0.2, 0.25) is 0 Å². The molecule has 0 aromatic heterocycles. The van der Waals surface area contributed by atoms with Crippen molar-refractivity contribution in [2.75, 3.05) is 41.7 Å². The van der Waals surface area contributed by atoms with E-state index < -0.39 is 6.29 Å². The van der Waals surface area contributed by atoms with Crippen LogP contribution in [0.25, 0.3) is 0 Å². The van der Waals surface area contributed by atoms with Gasteiger partial charge in [-0.3, -0.25) is 0 Å². The predicted octanol–water partition coefficient (Wildman–Crippen LogP) is 1.39. The Morgan fingerprint density at radius 1 is 1.00 bits per heavy atom. The predicted molar refractivity (Wildman–Crippen MR) is 78.3 cm³/mol. The molecule has 5 atom stereocenters. The summed E-state index contributed by atoms with van der Waals surface area (Å²) in [7, 11) is 6.50. The van der Waals surface area contributed by atoms with Crippen molar-refractivity contribution in [3.8, 4) is 0 Å². The van der Waals surface area contributed by atoms with Crippen molar-refractivity contribution in [3.05, 3.63) is 12.7 Å². The molecule has 0 radical (unpaired) electrons. The second kappa shape index (κ2) is 10.3. The highest BCUT2D eigenvalue weighted by Gasteiger charge is 2.47. The molecule has 1 saturated heterocycles. The normalized spacial score (nSPS) is 33.0. The average molecular weight is 304 g/mol. The Balaban J connectivity index is 2.72. The first-order chi connectivity index (χ1) is 10.2. The van der Waals surface area contributed by atoms with Gasteiger partial charge in [-0.15, -0.1) is 6.58 Å². The summed E-state index contributed by atoms with van der Waals surface area (Å²) >= 11 is 0. The zero-order valence-electron chi connectivity index (χ0n) is 13.4. The van der Waals surface area contributed by atoms with Crippen LogP contribution in [0.2, 0.25) is 0 Å². The molecule has 0 aromatic carbocycles. The fraction of sp³-hybridized carbons (Fsp3) is 0.867. The Hall–Kier alpha value is -0.500. The number of unbranched alkanes of at least 4 members (excludes halogenated alkanes) is 1. The van der Waals surface area contributed by atoms with Crippen LogP contribution in [0.1, 0.15) is 12.8 Å². The van der Waals surface area contributed by atoms with Crippen molar-refractivity contribution in [1.82, 2.24) is 0 Å². The summed E-state index contributed by atoms with van der Waals surface area (Å²) < 4.78 is 33.5. The van der Waals surface area contributed by atoms with Gasteiger partial charge in [0, 0.05) is 28.4 Å². The van der Waals surface area contributed by atoms with Gasteiger partial charge in [0.05, 0.1) is 13.2 Å². The first-order valence-corrected chi connectivity index (χ1v) is 7.18. The molecular weight excluding hydrogens is 276 g/mol. The van der Waals surface area contributed by atoms with Gasteiger partial charge in [-0.2, -0.15) is 0 Å². The maximum atomic E-state index is 5.94. The van der Waals surface area contributed by atoms with Crippen LogP contribution >= 0.6 is 0 Å². The minimum Gasteiger partial charge on any atom is -0.382 e. The number of hydrogen-bond acceptors (Lipinski definition) is 6. The topological polar surface area (TPSA) is 55.4 Å². The van der Waals surface area contributed by atoms with E-state index in [0.717, 1.165) is 12.8 Å². The first-order valence-electron chi connectivity index (χ1n) is 7.18. The Morgan fingerprint density at radius 3 is 2.19 bits per heavy atom. The molecule has 1 aliphatic rings. The van der Waals surface area contributed by atoms with Crippen LogP contribution < -0.4 is 0 Å². The smallest absolute Gasteiger partial charge is 0.186 e. The summed E-state index contributed by atoms with van der Waals surface area (Å²) in [5, 5.41) is 0. The molecule has 6 nitrogen and oxygen atoms in total. The molecule has 0 saturated carbocycles. The molecule has 124 valence electrons. The number of rotatable bonds is 10. The first kappa shape index (κ1) is 18.5. The Kier molecular flexibility index (Phi) is 9.07. The lowest BCUT2D eigenvalue weighted by atomic mass is 9.98. The van der Waals surface area contributed by atoms with E-state index >= 15 is 0 Å². The lowest BCUT2D eigenvalue weighted by Crippen LogP contribution is -2.61. The fourth-order valence-corrected chi connectivity index (χ4v) is 2.54. The molecule has 0 aliphatic carbocycles. The highest BCUT2D eigenvalue weighted by molar-refractivity contribution is 4.92. The van der Waals surface area contributed by atoms with Crippen molar-refractivity contribution in [3.63, 3.8) is 0 Å². The molecule has 0 aromatic rings. The summed E-state index contributed by atoms with van der Waals surface area (Å²) in [5.41, 5.74) is 0. The maximum absolute atomic E-state index is 5.94. The van der Waals surface area contributed by atoms with Crippen LogP contribution in [-0.4, -0.2) is 72.4 Å². The quantitative estimate of drug-likeness (QED) is 0.449. The molecule has 1 fully saturated rings. The highest BCUT2D eigenvalue weighted by atomic mass is 16.7. The van der Waals surface area contributed by atoms with E-state index in [-0.39, 0.29) is 24.4 Å². The van der Waals surface area contributed by atoms with Crippen LogP contribution in [0.3, 0.4) is 0 Å². The van der Waals surface area contributed by atoms with Crippen LogP contribution in [0.15, 0.2) is 12.7 Å². The number of methoxy groups -OCH3 is 4.